The molecule has 3 rings (SSSR count). The summed E-state index contributed by atoms with van der Waals surface area (Å²) in [5, 5.41) is 7.26. The van der Waals surface area contributed by atoms with Crippen LogP contribution in [0.4, 0.5) is 5.69 Å². The molecule has 5 heteroatoms. The standard InChI is InChI=1S/C14H21N3O2/c1-13(2,3)17-8-10(7-15-17)16-12(18)11-6-14(11)4-5-19-9-14/h7-8,11H,4-6,9H2,1-3H3,(H,16,18). The SMILES string of the molecule is CC(C)(C)n1cc(NC(=O)C2CC23CCOC3)cn1. The molecule has 2 fully saturated rings. The highest BCUT2D eigenvalue weighted by atomic mass is 16.5. The number of anilines is 1. The second-order valence-electron chi connectivity index (χ2n) is 6.76. The van der Waals surface area contributed by atoms with Gasteiger partial charge < -0.3 is 10.1 Å². The first-order valence-electron chi connectivity index (χ1n) is 6.85. The Morgan fingerprint density at radius 2 is 2.37 bits per heavy atom. The van der Waals surface area contributed by atoms with E-state index in [2.05, 4.69) is 31.2 Å². The number of aromatic nitrogens is 2. The maximum absolute atomic E-state index is 12.2. The van der Waals surface area contributed by atoms with E-state index in [0.29, 0.717) is 0 Å². The topological polar surface area (TPSA) is 56.2 Å². The van der Waals surface area contributed by atoms with Crippen molar-refractivity contribution >= 4 is 11.6 Å². The molecule has 1 saturated heterocycles. The van der Waals surface area contributed by atoms with Crippen molar-refractivity contribution in [1.29, 1.82) is 0 Å². The summed E-state index contributed by atoms with van der Waals surface area (Å²) in [6.07, 6.45) is 5.58. The Bertz CT molecular complexity index is 495. The van der Waals surface area contributed by atoms with E-state index in [1.165, 1.54) is 0 Å². The summed E-state index contributed by atoms with van der Waals surface area (Å²) in [5.41, 5.74) is 0.855. The molecule has 0 aromatic carbocycles. The summed E-state index contributed by atoms with van der Waals surface area (Å²) in [6.45, 7) is 7.78. The normalized spacial score (nSPS) is 29.7. The smallest absolute Gasteiger partial charge is 0.228 e. The van der Waals surface area contributed by atoms with E-state index in [-0.39, 0.29) is 22.8 Å². The monoisotopic (exact) mass is 263 g/mol. The molecular weight excluding hydrogens is 242 g/mol. The number of carbonyl (C=O) groups excluding carboxylic acids is 1. The van der Waals surface area contributed by atoms with Gasteiger partial charge in [-0.1, -0.05) is 0 Å². The predicted molar refractivity (Wildman–Crippen MR) is 71.8 cm³/mol. The number of nitrogens with zero attached hydrogens (tertiary/aromatic N) is 2. The van der Waals surface area contributed by atoms with Crippen molar-refractivity contribution in [3.8, 4) is 0 Å². The van der Waals surface area contributed by atoms with Gasteiger partial charge in [0.15, 0.2) is 0 Å². The predicted octanol–water partition coefficient (Wildman–Crippen LogP) is 2.00. The van der Waals surface area contributed by atoms with Crippen LogP contribution in [0.2, 0.25) is 0 Å². The third-order valence-corrected chi connectivity index (χ3v) is 4.18. The van der Waals surface area contributed by atoms with E-state index >= 15 is 0 Å². The van der Waals surface area contributed by atoms with Crippen LogP contribution in [0.5, 0.6) is 0 Å². The van der Waals surface area contributed by atoms with Gasteiger partial charge in [-0.3, -0.25) is 9.48 Å². The molecule has 5 nitrogen and oxygen atoms in total. The van der Waals surface area contributed by atoms with Crippen LogP contribution in [-0.2, 0) is 15.1 Å². The minimum atomic E-state index is -0.0664. The van der Waals surface area contributed by atoms with Crippen LogP contribution in [0.1, 0.15) is 33.6 Å². The average molecular weight is 263 g/mol. The van der Waals surface area contributed by atoms with Gasteiger partial charge >= 0.3 is 0 Å². The van der Waals surface area contributed by atoms with Crippen molar-refractivity contribution in [1.82, 2.24) is 9.78 Å². The van der Waals surface area contributed by atoms with Gasteiger partial charge in [0.2, 0.25) is 5.91 Å². The summed E-state index contributed by atoms with van der Waals surface area (Å²) in [7, 11) is 0. The molecule has 104 valence electrons. The van der Waals surface area contributed by atoms with Gasteiger partial charge in [-0.25, -0.2) is 0 Å². The van der Waals surface area contributed by atoms with Crippen LogP contribution < -0.4 is 5.32 Å². The molecule has 1 saturated carbocycles. The highest BCUT2D eigenvalue weighted by Crippen LogP contribution is 2.58. The largest absolute Gasteiger partial charge is 0.381 e. The molecule has 1 aromatic rings. The second-order valence-corrected chi connectivity index (χ2v) is 6.76. The minimum absolute atomic E-state index is 0.0664. The zero-order valence-corrected chi connectivity index (χ0v) is 11.8. The summed E-state index contributed by atoms with van der Waals surface area (Å²) >= 11 is 0. The van der Waals surface area contributed by atoms with Crippen molar-refractivity contribution in [2.75, 3.05) is 18.5 Å². The van der Waals surface area contributed by atoms with Crippen LogP contribution in [-0.4, -0.2) is 28.9 Å². The zero-order chi connectivity index (χ0) is 13.7. The van der Waals surface area contributed by atoms with E-state index in [0.717, 1.165) is 31.7 Å². The van der Waals surface area contributed by atoms with Crippen molar-refractivity contribution in [2.24, 2.45) is 11.3 Å². The Balaban J connectivity index is 1.63. The fourth-order valence-electron chi connectivity index (χ4n) is 2.76. The zero-order valence-electron chi connectivity index (χ0n) is 11.8. The van der Waals surface area contributed by atoms with Gasteiger partial charge in [-0.2, -0.15) is 5.10 Å². The lowest BCUT2D eigenvalue weighted by Crippen LogP contribution is -2.22. The third-order valence-electron chi connectivity index (χ3n) is 4.18. The first kappa shape index (κ1) is 12.7. The van der Waals surface area contributed by atoms with Crippen molar-refractivity contribution < 1.29 is 9.53 Å². The molecule has 0 bridgehead atoms. The fraction of sp³-hybridized carbons (Fsp3) is 0.714. The molecule has 2 unspecified atom stereocenters. The number of hydrogen-bond donors (Lipinski definition) is 1. The van der Waals surface area contributed by atoms with Crippen LogP contribution >= 0.6 is 0 Å². The molecule has 0 radical (unpaired) electrons. The van der Waals surface area contributed by atoms with Crippen LogP contribution in [0.3, 0.4) is 0 Å². The van der Waals surface area contributed by atoms with Crippen molar-refractivity contribution in [3.05, 3.63) is 12.4 Å². The van der Waals surface area contributed by atoms with Crippen LogP contribution in [0.15, 0.2) is 12.4 Å². The van der Waals surface area contributed by atoms with E-state index < -0.39 is 0 Å². The quantitative estimate of drug-likeness (QED) is 0.888. The Morgan fingerprint density at radius 1 is 1.58 bits per heavy atom. The molecule has 2 aliphatic rings. The molecule has 1 aromatic heterocycles. The lowest BCUT2D eigenvalue weighted by molar-refractivity contribution is -0.118. The molecule has 2 atom stereocenters. The van der Waals surface area contributed by atoms with Gasteiger partial charge in [-0.05, 0) is 33.6 Å². The van der Waals surface area contributed by atoms with Crippen molar-refractivity contribution in [2.45, 2.75) is 39.2 Å². The molecule has 1 spiro atoms. The van der Waals surface area contributed by atoms with Crippen molar-refractivity contribution in [3.63, 3.8) is 0 Å². The second kappa shape index (κ2) is 4.07. The van der Waals surface area contributed by atoms with Gasteiger partial charge in [0, 0.05) is 24.1 Å². The van der Waals surface area contributed by atoms with Gasteiger partial charge in [0.05, 0.1) is 24.0 Å². The Hall–Kier alpha value is -1.36. The minimum Gasteiger partial charge on any atom is -0.381 e. The van der Waals surface area contributed by atoms with Gasteiger partial charge in [-0.15, -0.1) is 0 Å². The van der Waals surface area contributed by atoms with E-state index in [9.17, 15) is 4.79 Å². The van der Waals surface area contributed by atoms with E-state index in [1.807, 2.05) is 10.9 Å². The summed E-state index contributed by atoms with van der Waals surface area (Å²) in [5.74, 6) is 0.229. The summed E-state index contributed by atoms with van der Waals surface area (Å²) < 4.78 is 7.27. The third kappa shape index (κ3) is 2.27. The Kier molecular flexibility index (Phi) is 2.71. The highest BCUT2D eigenvalue weighted by molar-refractivity contribution is 5.94. The first-order chi connectivity index (χ1) is 8.91. The Morgan fingerprint density at radius 3 is 2.95 bits per heavy atom. The average Bonchev–Trinajstić information content (AvgIpc) is 2.68. The molecular formula is C14H21N3O2. The number of amides is 1. The van der Waals surface area contributed by atoms with E-state index in [1.54, 1.807) is 6.20 Å². The summed E-state index contributed by atoms with van der Waals surface area (Å²) in [4.78, 5) is 12.2. The molecule has 1 aliphatic heterocycles. The summed E-state index contributed by atoms with van der Waals surface area (Å²) in [6, 6.07) is 0. The number of hydrogen-bond acceptors (Lipinski definition) is 3. The first-order valence-corrected chi connectivity index (χ1v) is 6.85. The van der Waals surface area contributed by atoms with Crippen LogP contribution in [0, 0.1) is 11.3 Å². The lowest BCUT2D eigenvalue weighted by atomic mass is 10.0. The lowest BCUT2D eigenvalue weighted by Gasteiger charge is -2.18. The van der Waals surface area contributed by atoms with E-state index in [4.69, 9.17) is 4.74 Å². The molecule has 2 heterocycles. The number of rotatable bonds is 2. The molecule has 19 heavy (non-hydrogen) atoms. The number of carbonyl (C=O) groups is 1. The van der Waals surface area contributed by atoms with Gasteiger partial charge in [0.25, 0.3) is 0 Å². The molecule has 1 aliphatic carbocycles. The molecule has 1 N–H and O–H groups in total. The fourth-order valence-corrected chi connectivity index (χ4v) is 2.76. The highest BCUT2D eigenvalue weighted by Gasteiger charge is 2.59. The maximum Gasteiger partial charge on any atom is 0.228 e. The number of ether oxygens (including phenoxy) is 1. The molecule has 1 amide bonds. The maximum atomic E-state index is 12.2. The van der Waals surface area contributed by atoms with Gasteiger partial charge in [0.1, 0.15) is 0 Å². The number of nitrogens with one attached hydrogen (secondary N) is 1. The van der Waals surface area contributed by atoms with Crippen LogP contribution in [0.25, 0.3) is 0 Å². The Labute approximate surface area is 113 Å².